The molecule has 0 N–H and O–H groups in total. The zero-order chi connectivity index (χ0) is 15.4. The Morgan fingerprint density at radius 1 is 1.43 bits per heavy atom. The third-order valence-corrected chi connectivity index (χ3v) is 3.67. The highest BCUT2D eigenvalue weighted by molar-refractivity contribution is 5.94. The summed E-state index contributed by atoms with van der Waals surface area (Å²) in [4.78, 5) is 32.0. The molecule has 0 saturated carbocycles. The first-order valence-electron chi connectivity index (χ1n) is 7.14. The molecule has 1 atom stereocenters. The van der Waals surface area contributed by atoms with Crippen molar-refractivity contribution in [2.24, 2.45) is 0 Å². The summed E-state index contributed by atoms with van der Waals surface area (Å²) in [6.45, 7) is 4.81. The number of hydrogen-bond acceptors (Lipinski definition) is 4. The van der Waals surface area contributed by atoms with Gasteiger partial charge in [0, 0.05) is 12.7 Å². The number of hydrogen-bond donors (Lipinski definition) is 0. The molecule has 0 unspecified atom stereocenters. The molecule has 1 aromatic heterocycles. The molecule has 1 aliphatic rings. The van der Waals surface area contributed by atoms with E-state index in [4.69, 9.17) is 4.74 Å². The normalized spacial score (nSPS) is 19.1. The molecular weight excluding hydrogens is 270 g/mol. The number of aromatic nitrogens is 1. The number of pyridine rings is 1. The lowest BCUT2D eigenvalue weighted by atomic mass is 10.1. The number of piperazine rings is 1. The molecule has 2 amide bonds. The molecular formula is C15H21N3O3. The van der Waals surface area contributed by atoms with Crippen molar-refractivity contribution in [3.05, 3.63) is 24.0 Å². The second kappa shape index (κ2) is 6.56. The molecule has 1 saturated heterocycles. The van der Waals surface area contributed by atoms with Crippen LogP contribution in [0.3, 0.4) is 0 Å². The van der Waals surface area contributed by atoms with Crippen molar-refractivity contribution in [2.45, 2.75) is 32.9 Å². The van der Waals surface area contributed by atoms with Gasteiger partial charge >= 0.3 is 0 Å². The fourth-order valence-electron chi connectivity index (χ4n) is 2.52. The quantitative estimate of drug-likeness (QED) is 0.814. The van der Waals surface area contributed by atoms with E-state index in [1.54, 1.807) is 42.2 Å². The molecule has 0 bridgehead atoms. The number of nitrogens with zero attached hydrogens (tertiary/aromatic N) is 3. The van der Waals surface area contributed by atoms with Crippen molar-refractivity contribution >= 4 is 11.8 Å². The molecule has 1 fully saturated rings. The maximum Gasteiger partial charge on any atom is 0.245 e. The van der Waals surface area contributed by atoms with E-state index in [9.17, 15) is 9.59 Å². The van der Waals surface area contributed by atoms with Crippen LogP contribution < -0.4 is 4.74 Å². The summed E-state index contributed by atoms with van der Waals surface area (Å²) in [5, 5.41) is 0. The lowest BCUT2D eigenvalue weighted by molar-refractivity contribution is -0.155. The third kappa shape index (κ3) is 3.15. The Morgan fingerprint density at radius 3 is 2.86 bits per heavy atom. The molecule has 21 heavy (non-hydrogen) atoms. The van der Waals surface area contributed by atoms with E-state index in [1.807, 2.05) is 6.92 Å². The topological polar surface area (TPSA) is 62.7 Å². The number of amides is 2. The van der Waals surface area contributed by atoms with Crippen LogP contribution in [-0.4, -0.2) is 52.8 Å². The molecule has 114 valence electrons. The van der Waals surface area contributed by atoms with Gasteiger partial charge in [-0.25, -0.2) is 0 Å². The first-order valence-corrected chi connectivity index (χ1v) is 7.14. The van der Waals surface area contributed by atoms with Crippen molar-refractivity contribution in [1.82, 2.24) is 14.8 Å². The molecule has 6 nitrogen and oxygen atoms in total. The number of carbonyl (C=O) groups excluding carboxylic acids is 2. The minimum absolute atomic E-state index is 0.00801. The van der Waals surface area contributed by atoms with Gasteiger partial charge in [0.1, 0.15) is 17.5 Å². The highest BCUT2D eigenvalue weighted by Crippen LogP contribution is 2.21. The number of methoxy groups -OCH3 is 1. The summed E-state index contributed by atoms with van der Waals surface area (Å²) in [5.74, 6) is 0.565. The Morgan fingerprint density at radius 2 is 2.19 bits per heavy atom. The summed E-state index contributed by atoms with van der Waals surface area (Å²) < 4.78 is 5.25. The summed E-state index contributed by atoms with van der Waals surface area (Å²) in [7, 11) is 1.57. The van der Waals surface area contributed by atoms with Crippen LogP contribution in [0.2, 0.25) is 0 Å². The van der Waals surface area contributed by atoms with E-state index in [0.717, 1.165) is 6.42 Å². The number of rotatable bonds is 5. The van der Waals surface area contributed by atoms with E-state index < -0.39 is 6.04 Å². The van der Waals surface area contributed by atoms with E-state index >= 15 is 0 Å². The fourth-order valence-corrected chi connectivity index (χ4v) is 2.52. The van der Waals surface area contributed by atoms with Gasteiger partial charge < -0.3 is 14.5 Å². The Balaban J connectivity index is 2.17. The van der Waals surface area contributed by atoms with Gasteiger partial charge in [-0.05, 0) is 25.5 Å². The SMILES string of the molecule is CCCN1CC(=O)N(Cc2ncccc2OC)[C@@H](C)C1=O. The van der Waals surface area contributed by atoms with Crippen LogP contribution in [0.1, 0.15) is 26.0 Å². The lowest BCUT2D eigenvalue weighted by Gasteiger charge is -2.38. The Kier molecular flexibility index (Phi) is 4.77. The number of ether oxygens (including phenoxy) is 1. The zero-order valence-corrected chi connectivity index (χ0v) is 12.7. The first-order chi connectivity index (χ1) is 10.1. The van der Waals surface area contributed by atoms with Gasteiger partial charge in [-0.3, -0.25) is 14.6 Å². The standard InChI is InChI=1S/C15H21N3O3/c1-4-8-17-10-14(19)18(11(2)15(17)20)9-12-13(21-3)6-5-7-16-12/h5-7,11H,4,8-10H2,1-3H3/t11-/m0/s1. The Labute approximate surface area is 124 Å². The van der Waals surface area contributed by atoms with Crippen molar-refractivity contribution < 1.29 is 14.3 Å². The van der Waals surface area contributed by atoms with Gasteiger partial charge in [-0.15, -0.1) is 0 Å². The highest BCUT2D eigenvalue weighted by Gasteiger charge is 2.36. The van der Waals surface area contributed by atoms with E-state index in [0.29, 0.717) is 18.0 Å². The third-order valence-electron chi connectivity index (χ3n) is 3.67. The van der Waals surface area contributed by atoms with Gasteiger partial charge in [0.05, 0.1) is 20.2 Å². The summed E-state index contributed by atoms with van der Waals surface area (Å²) >= 11 is 0. The molecule has 0 radical (unpaired) electrons. The van der Waals surface area contributed by atoms with Gasteiger partial charge in [0.25, 0.3) is 0 Å². The lowest BCUT2D eigenvalue weighted by Crippen LogP contribution is -2.58. The van der Waals surface area contributed by atoms with Crippen molar-refractivity contribution in [3.63, 3.8) is 0 Å². The maximum absolute atomic E-state index is 12.3. The average Bonchev–Trinajstić information content (AvgIpc) is 2.49. The van der Waals surface area contributed by atoms with Crippen molar-refractivity contribution in [2.75, 3.05) is 20.2 Å². The molecule has 0 aliphatic carbocycles. The minimum atomic E-state index is -0.468. The van der Waals surface area contributed by atoms with Crippen LogP contribution in [0.25, 0.3) is 0 Å². The van der Waals surface area contributed by atoms with Crippen molar-refractivity contribution in [3.8, 4) is 5.75 Å². The second-order valence-electron chi connectivity index (χ2n) is 5.11. The fraction of sp³-hybridized carbons (Fsp3) is 0.533. The van der Waals surface area contributed by atoms with Crippen LogP contribution in [0, 0.1) is 0 Å². The Bertz CT molecular complexity index is 533. The summed E-state index contributed by atoms with van der Waals surface area (Å²) in [6.07, 6.45) is 2.50. The second-order valence-corrected chi connectivity index (χ2v) is 5.11. The van der Waals surface area contributed by atoms with E-state index in [2.05, 4.69) is 4.98 Å². The van der Waals surface area contributed by atoms with Crippen LogP contribution >= 0.6 is 0 Å². The average molecular weight is 291 g/mol. The van der Waals surface area contributed by atoms with Gasteiger partial charge in [0.15, 0.2) is 0 Å². The summed E-state index contributed by atoms with van der Waals surface area (Å²) in [6, 6.07) is 3.11. The maximum atomic E-state index is 12.3. The molecule has 0 spiro atoms. The molecule has 1 aliphatic heterocycles. The van der Waals surface area contributed by atoms with Gasteiger partial charge in [0.2, 0.25) is 11.8 Å². The van der Waals surface area contributed by atoms with Crippen LogP contribution in [0.15, 0.2) is 18.3 Å². The van der Waals surface area contributed by atoms with Crippen LogP contribution in [-0.2, 0) is 16.1 Å². The zero-order valence-electron chi connectivity index (χ0n) is 12.7. The molecule has 2 heterocycles. The molecule has 2 rings (SSSR count). The van der Waals surface area contributed by atoms with Crippen LogP contribution in [0.5, 0.6) is 5.75 Å². The first kappa shape index (κ1) is 15.3. The van der Waals surface area contributed by atoms with Crippen molar-refractivity contribution in [1.29, 1.82) is 0 Å². The minimum Gasteiger partial charge on any atom is -0.495 e. The smallest absolute Gasteiger partial charge is 0.245 e. The van der Waals surface area contributed by atoms with Gasteiger partial charge in [-0.1, -0.05) is 6.92 Å². The summed E-state index contributed by atoms with van der Waals surface area (Å²) in [5.41, 5.74) is 0.664. The predicted molar refractivity (Wildman–Crippen MR) is 77.7 cm³/mol. The molecule has 0 aromatic carbocycles. The largest absolute Gasteiger partial charge is 0.495 e. The number of carbonyl (C=O) groups is 2. The molecule has 6 heteroatoms. The molecule has 1 aromatic rings. The van der Waals surface area contributed by atoms with E-state index in [1.165, 1.54) is 0 Å². The Hall–Kier alpha value is -2.11. The van der Waals surface area contributed by atoms with Gasteiger partial charge in [-0.2, -0.15) is 0 Å². The predicted octanol–water partition coefficient (Wildman–Crippen LogP) is 1.06. The van der Waals surface area contributed by atoms with Crippen LogP contribution in [0.4, 0.5) is 0 Å². The monoisotopic (exact) mass is 291 g/mol. The van der Waals surface area contributed by atoms with E-state index in [-0.39, 0.29) is 24.9 Å². The highest BCUT2D eigenvalue weighted by atomic mass is 16.5.